The van der Waals surface area contributed by atoms with E-state index in [2.05, 4.69) is 20.9 Å². The van der Waals surface area contributed by atoms with E-state index in [4.69, 9.17) is 5.11 Å². The Balaban J connectivity index is 0.000000921. The minimum atomic E-state index is -0.953. The third-order valence-electron chi connectivity index (χ3n) is 1.36. The van der Waals surface area contributed by atoms with Crippen molar-refractivity contribution in [2.24, 2.45) is 0 Å². The molecule has 0 fully saturated rings. The van der Waals surface area contributed by atoms with Gasteiger partial charge >= 0.3 is 5.97 Å². The highest BCUT2D eigenvalue weighted by Gasteiger charge is 1.94. The predicted molar refractivity (Wildman–Crippen MR) is 65.8 cm³/mol. The first-order valence-corrected chi connectivity index (χ1v) is 5.39. The Morgan fingerprint density at radius 3 is 2.67 bits per heavy atom. The van der Waals surface area contributed by atoms with Gasteiger partial charge in [-0.25, -0.2) is 4.79 Å². The van der Waals surface area contributed by atoms with Crippen LogP contribution in [0, 0.1) is 0 Å². The van der Waals surface area contributed by atoms with Gasteiger partial charge in [-0.15, -0.1) is 0 Å². The molecule has 82 valence electrons. The molecule has 1 heterocycles. The van der Waals surface area contributed by atoms with E-state index in [1.54, 1.807) is 12.3 Å². The number of hydrogen-bond donors (Lipinski definition) is 2. The number of carbonyl (C=O) groups is 1. The number of aromatic amines is 1. The van der Waals surface area contributed by atoms with Crippen LogP contribution in [0.1, 0.15) is 19.4 Å². The summed E-state index contributed by atoms with van der Waals surface area (Å²) in [6.07, 6.45) is 7.84. The zero-order valence-corrected chi connectivity index (χ0v) is 10.3. The highest BCUT2D eigenvalue weighted by Crippen LogP contribution is 2.19. The van der Waals surface area contributed by atoms with Gasteiger partial charge in [0.2, 0.25) is 0 Å². The minimum Gasteiger partial charge on any atom is -0.478 e. The van der Waals surface area contributed by atoms with Gasteiger partial charge in [0.25, 0.3) is 0 Å². The molecule has 0 aromatic carbocycles. The zero-order valence-electron chi connectivity index (χ0n) is 8.70. The summed E-state index contributed by atoms with van der Waals surface area (Å²) in [7, 11) is 0. The highest BCUT2D eigenvalue weighted by molar-refractivity contribution is 9.15. The molecular weight excluding hydrogens is 258 g/mol. The lowest BCUT2D eigenvalue weighted by molar-refractivity contribution is -0.131. The molecule has 4 heteroatoms. The van der Waals surface area contributed by atoms with Gasteiger partial charge < -0.3 is 10.1 Å². The van der Waals surface area contributed by atoms with E-state index >= 15 is 0 Å². The van der Waals surface area contributed by atoms with Crippen molar-refractivity contribution in [3.05, 3.63) is 42.3 Å². The van der Waals surface area contributed by atoms with Gasteiger partial charge in [0.1, 0.15) is 0 Å². The summed E-state index contributed by atoms with van der Waals surface area (Å²) in [6.45, 7) is 4.00. The number of hydrogen-bond acceptors (Lipinski definition) is 1. The van der Waals surface area contributed by atoms with E-state index in [0.29, 0.717) is 0 Å². The van der Waals surface area contributed by atoms with Crippen LogP contribution in [0.3, 0.4) is 0 Å². The maximum atomic E-state index is 10.1. The smallest absolute Gasteiger partial charge is 0.328 e. The monoisotopic (exact) mass is 271 g/mol. The number of allylic oxidation sites excluding steroid dienone is 2. The van der Waals surface area contributed by atoms with E-state index < -0.39 is 5.97 Å². The van der Waals surface area contributed by atoms with Gasteiger partial charge in [-0.3, -0.25) is 0 Å². The number of aromatic nitrogens is 1. The van der Waals surface area contributed by atoms with Crippen LogP contribution >= 0.6 is 15.9 Å². The van der Waals surface area contributed by atoms with Gasteiger partial charge in [-0.1, -0.05) is 35.9 Å². The molecule has 15 heavy (non-hydrogen) atoms. The maximum absolute atomic E-state index is 10.1. The molecule has 0 atom stereocenters. The van der Waals surface area contributed by atoms with Crippen molar-refractivity contribution in [1.82, 2.24) is 4.98 Å². The van der Waals surface area contributed by atoms with Crippen molar-refractivity contribution in [3.8, 4) is 0 Å². The number of aliphatic carboxylic acids is 1. The number of carboxylic acid groups (broad SMARTS) is 1. The van der Waals surface area contributed by atoms with Crippen molar-refractivity contribution >= 4 is 26.4 Å². The Kier molecular flexibility index (Phi) is 7.36. The average molecular weight is 272 g/mol. The lowest BCUT2D eigenvalue weighted by Gasteiger charge is -1.89. The number of carboxylic acids is 1. The van der Waals surface area contributed by atoms with Crippen molar-refractivity contribution in [1.29, 1.82) is 0 Å². The van der Waals surface area contributed by atoms with Gasteiger partial charge in [0, 0.05) is 28.5 Å². The summed E-state index contributed by atoms with van der Waals surface area (Å²) >= 11 is 3.31. The molecule has 0 aliphatic carbocycles. The second-order valence-corrected chi connectivity index (χ2v) is 3.17. The molecule has 0 unspecified atom stereocenters. The first kappa shape index (κ1) is 13.7. The van der Waals surface area contributed by atoms with Crippen LogP contribution in [0.5, 0.6) is 0 Å². The molecule has 0 radical (unpaired) electrons. The van der Waals surface area contributed by atoms with E-state index in [1.807, 2.05) is 26.1 Å². The van der Waals surface area contributed by atoms with E-state index in [-0.39, 0.29) is 0 Å². The summed E-state index contributed by atoms with van der Waals surface area (Å²) in [6, 6.07) is 1.88. The maximum Gasteiger partial charge on any atom is 0.328 e. The standard InChI is InChI=1S/C9H8BrNO2.C2H6/c10-8(2-1-3-9(12)13)7-4-5-11-6-7;1-2/h1-6,11H,(H,12,13);1-2H3/b3-1+,8-2+;. The molecule has 0 saturated heterocycles. The molecule has 1 aromatic rings. The molecular formula is C11H14BrNO2. The predicted octanol–water partition coefficient (Wildman–Crippen LogP) is 3.42. The molecule has 0 aliphatic heterocycles. The van der Waals surface area contributed by atoms with Crippen molar-refractivity contribution < 1.29 is 9.90 Å². The summed E-state index contributed by atoms with van der Waals surface area (Å²) in [5, 5.41) is 8.32. The summed E-state index contributed by atoms with van der Waals surface area (Å²) in [5.74, 6) is -0.953. The third kappa shape index (κ3) is 5.91. The highest BCUT2D eigenvalue weighted by atomic mass is 79.9. The molecule has 1 rings (SSSR count). The number of halogens is 1. The second kappa shape index (κ2) is 8.05. The Labute approximate surface area is 97.6 Å². The Bertz CT molecular complexity index is 339. The molecule has 2 N–H and O–H groups in total. The number of H-pyrrole nitrogens is 1. The summed E-state index contributed by atoms with van der Waals surface area (Å²) < 4.78 is 0.839. The van der Waals surface area contributed by atoms with E-state index in [9.17, 15) is 4.79 Å². The molecule has 3 nitrogen and oxygen atoms in total. The van der Waals surface area contributed by atoms with Gasteiger partial charge in [0.05, 0.1) is 0 Å². The molecule has 0 aliphatic rings. The molecule has 0 saturated carbocycles. The van der Waals surface area contributed by atoms with Crippen LogP contribution in [-0.4, -0.2) is 16.1 Å². The van der Waals surface area contributed by atoms with Crippen LogP contribution in [0.25, 0.3) is 4.48 Å². The largest absolute Gasteiger partial charge is 0.478 e. The van der Waals surface area contributed by atoms with Gasteiger partial charge in [-0.05, 0) is 12.1 Å². The fourth-order valence-corrected chi connectivity index (χ4v) is 1.18. The SMILES string of the molecule is CC.O=C(O)/C=C/C=C(/Br)c1cc[nH]c1. The first-order valence-electron chi connectivity index (χ1n) is 4.60. The number of rotatable bonds is 3. The van der Waals surface area contributed by atoms with Gasteiger partial charge in [0.15, 0.2) is 0 Å². The van der Waals surface area contributed by atoms with Crippen molar-refractivity contribution in [3.63, 3.8) is 0 Å². The Morgan fingerprint density at radius 2 is 2.20 bits per heavy atom. The quantitative estimate of drug-likeness (QED) is 0.654. The average Bonchev–Trinajstić information content (AvgIpc) is 2.73. The first-order chi connectivity index (χ1) is 7.20. The van der Waals surface area contributed by atoms with Crippen LogP contribution < -0.4 is 0 Å². The van der Waals surface area contributed by atoms with Crippen molar-refractivity contribution in [2.75, 3.05) is 0 Å². The summed E-state index contributed by atoms with van der Waals surface area (Å²) in [5.41, 5.74) is 0.982. The minimum absolute atomic E-state index is 0.839. The Morgan fingerprint density at radius 1 is 1.53 bits per heavy atom. The van der Waals surface area contributed by atoms with Crippen LogP contribution in [0.2, 0.25) is 0 Å². The van der Waals surface area contributed by atoms with Crippen molar-refractivity contribution in [2.45, 2.75) is 13.8 Å². The van der Waals surface area contributed by atoms with E-state index in [1.165, 1.54) is 6.08 Å². The van der Waals surface area contributed by atoms with E-state index in [0.717, 1.165) is 16.1 Å². The fourth-order valence-electron chi connectivity index (χ4n) is 0.784. The summed E-state index contributed by atoms with van der Waals surface area (Å²) in [4.78, 5) is 13.0. The second-order valence-electron chi connectivity index (χ2n) is 2.31. The third-order valence-corrected chi connectivity index (χ3v) is 2.08. The topological polar surface area (TPSA) is 53.1 Å². The molecule has 0 bridgehead atoms. The number of nitrogens with one attached hydrogen (secondary N) is 1. The van der Waals surface area contributed by atoms with Gasteiger partial charge in [-0.2, -0.15) is 0 Å². The van der Waals surface area contributed by atoms with Crippen LogP contribution in [-0.2, 0) is 4.79 Å². The fraction of sp³-hybridized carbons (Fsp3) is 0.182. The normalized spacial score (nSPS) is 11.0. The lowest BCUT2D eigenvalue weighted by Crippen LogP contribution is -1.84. The van der Waals surface area contributed by atoms with Crippen LogP contribution in [0.15, 0.2) is 36.7 Å². The zero-order chi connectivity index (χ0) is 11.7. The molecule has 0 amide bonds. The lowest BCUT2D eigenvalue weighted by atomic mass is 10.3. The Hall–Kier alpha value is -1.29. The molecule has 0 spiro atoms. The van der Waals surface area contributed by atoms with Crippen LogP contribution in [0.4, 0.5) is 0 Å². The molecule has 1 aromatic heterocycles.